The molecule has 0 amide bonds. The quantitative estimate of drug-likeness (QED) is 0.475. The first kappa shape index (κ1) is 20.2. The predicted octanol–water partition coefficient (Wildman–Crippen LogP) is 5.41. The second-order valence-electron chi connectivity index (χ2n) is 6.01. The van der Waals surface area contributed by atoms with Gasteiger partial charge in [-0.2, -0.15) is 13.9 Å². The molecule has 9 heteroatoms. The summed E-state index contributed by atoms with van der Waals surface area (Å²) in [5.74, 6) is 0.0238. The highest BCUT2D eigenvalue weighted by molar-refractivity contribution is 9.10. The lowest BCUT2D eigenvalue weighted by atomic mass is 10.2. The number of nitrogens with one attached hydrogen (secondary N) is 2. The highest BCUT2D eigenvalue weighted by atomic mass is 79.9. The average molecular weight is 467 g/mol. The number of ether oxygens (including phenoxy) is 1. The van der Waals surface area contributed by atoms with Crippen molar-refractivity contribution in [3.8, 4) is 5.75 Å². The number of aromatic nitrogens is 2. The summed E-state index contributed by atoms with van der Waals surface area (Å²) in [7, 11) is 0. The van der Waals surface area contributed by atoms with Crippen molar-refractivity contribution in [1.29, 1.82) is 0 Å². The Kier molecular flexibility index (Phi) is 6.58. The van der Waals surface area contributed by atoms with Crippen LogP contribution < -0.4 is 15.4 Å². The summed E-state index contributed by atoms with van der Waals surface area (Å²) >= 11 is 8.69. The molecule has 0 aliphatic heterocycles. The highest BCUT2D eigenvalue weighted by Crippen LogP contribution is 2.27. The number of aryl methyl sites for hydroxylation is 1. The molecule has 0 aliphatic carbocycles. The summed E-state index contributed by atoms with van der Waals surface area (Å²) < 4.78 is 32.5. The van der Waals surface area contributed by atoms with Gasteiger partial charge in [-0.15, -0.1) is 0 Å². The van der Waals surface area contributed by atoms with Crippen LogP contribution in [-0.2, 0) is 6.54 Å². The molecule has 0 unspecified atom stereocenters. The van der Waals surface area contributed by atoms with Gasteiger partial charge in [-0.1, -0.05) is 34.1 Å². The maximum absolute atomic E-state index is 12.6. The molecule has 1 aromatic heterocycles. The van der Waals surface area contributed by atoms with Crippen LogP contribution in [0.25, 0.3) is 0 Å². The lowest BCUT2D eigenvalue weighted by molar-refractivity contribution is -0.0493. The van der Waals surface area contributed by atoms with Crippen LogP contribution in [0.3, 0.4) is 0 Å². The van der Waals surface area contributed by atoms with Crippen molar-refractivity contribution in [2.75, 3.05) is 10.6 Å². The van der Waals surface area contributed by atoms with Crippen molar-refractivity contribution < 1.29 is 13.5 Å². The van der Waals surface area contributed by atoms with Crippen molar-refractivity contribution in [3.05, 3.63) is 70.5 Å². The molecular weight excluding hydrogens is 450 g/mol. The Morgan fingerprint density at radius 2 is 1.96 bits per heavy atom. The van der Waals surface area contributed by atoms with E-state index in [1.807, 2.05) is 37.4 Å². The van der Waals surface area contributed by atoms with Gasteiger partial charge in [0, 0.05) is 10.7 Å². The second-order valence-corrected chi connectivity index (χ2v) is 7.33. The van der Waals surface area contributed by atoms with Crippen molar-refractivity contribution >= 4 is 44.6 Å². The van der Waals surface area contributed by atoms with Gasteiger partial charge in [-0.05, 0) is 54.5 Å². The van der Waals surface area contributed by atoms with Gasteiger partial charge in [0.25, 0.3) is 0 Å². The molecule has 0 spiro atoms. The van der Waals surface area contributed by atoms with Crippen molar-refractivity contribution in [1.82, 2.24) is 9.78 Å². The number of halogens is 3. The molecule has 0 aliphatic rings. The Labute approximate surface area is 174 Å². The predicted molar refractivity (Wildman–Crippen MR) is 113 cm³/mol. The number of nitrogens with zero attached hydrogens (tertiary/aromatic N) is 2. The molecule has 2 N–H and O–H groups in total. The molecule has 0 bridgehead atoms. The maximum atomic E-state index is 12.6. The topological polar surface area (TPSA) is 51.1 Å². The smallest absolute Gasteiger partial charge is 0.387 e. The van der Waals surface area contributed by atoms with Crippen molar-refractivity contribution in [2.24, 2.45) is 0 Å². The third-order valence-corrected chi connectivity index (χ3v) is 4.48. The Hall–Kier alpha value is -2.52. The fraction of sp³-hybridized carbons (Fsp3) is 0.158. The zero-order valence-electron chi connectivity index (χ0n) is 14.8. The van der Waals surface area contributed by atoms with Gasteiger partial charge in [-0.3, -0.25) is 4.68 Å². The molecule has 0 saturated heterocycles. The van der Waals surface area contributed by atoms with Gasteiger partial charge >= 0.3 is 6.61 Å². The summed E-state index contributed by atoms with van der Waals surface area (Å²) in [5, 5.41) is 10.4. The summed E-state index contributed by atoms with van der Waals surface area (Å²) in [6.07, 6.45) is 3.45. The van der Waals surface area contributed by atoms with Gasteiger partial charge in [-0.25, -0.2) is 0 Å². The number of hydrogen-bond donors (Lipinski definition) is 2. The van der Waals surface area contributed by atoms with Crippen LogP contribution in [-0.4, -0.2) is 21.5 Å². The van der Waals surface area contributed by atoms with E-state index in [0.29, 0.717) is 17.9 Å². The Morgan fingerprint density at radius 1 is 1.21 bits per heavy atom. The number of benzene rings is 2. The van der Waals surface area contributed by atoms with Crippen LogP contribution >= 0.6 is 28.1 Å². The molecule has 5 nitrogen and oxygen atoms in total. The lowest BCUT2D eigenvalue weighted by Crippen LogP contribution is -2.19. The van der Waals surface area contributed by atoms with E-state index in [9.17, 15) is 8.78 Å². The SMILES string of the molecule is Cc1ccc(OC(F)F)c(NC(=S)Nc2cnn(Cc3ccc(Br)cc3)c2)c1. The minimum absolute atomic E-state index is 0.0238. The summed E-state index contributed by atoms with van der Waals surface area (Å²) in [5.41, 5.74) is 3.03. The van der Waals surface area contributed by atoms with Gasteiger partial charge in [0.05, 0.1) is 24.1 Å². The van der Waals surface area contributed by atoms with Crippen LogP contribution in [0.2, 0.25) is 0 Å². The fourth-order valence-electron chi connectivity index (χ4n) is 2.52. The molecule has 3 rings (SSSR count). The largest absolute Gasteiger partial charge is 0.433 e. The lowest BCUT2D eigenvalue weighted by Gasteiger charge is -2.14. The fourth-order valence-corrected chi connectivity index (χ4v) is 3.01. The summed E-state index contributed by atoms with van der Waals surface area (Å²) in [6.45, 7) is -0.457. The van der Waals surface area contributed by atoms with Crippen molar-refractivity contribution in [2.45, 2.75) is 20.1 Å². The first-order chi connectivity index (χ1) is 13.4. The minimum Gasteiger partial charge on any atom is -0.433 e. The molecular formula is C19H17BrF2N4OS. The van der Waals surface area contributed by atoms with E-state index < -0.39 is 6.61 Å². The van der Waals surface area contributed by atoms with E-state index in [0.717, 1.165) is 15.6 Å². The van der Waals surface area contributed by atoms with Gasteiger partial charge in [0.15, 0.2) is 5.11 Å². The van der Waals surface area contributed by atoms with Crippen LogP contribution in [0.1, 0.15) is 11.1 Å². The zero-order valence-corrected chi connectivity index (χ0v) is 17.2. The maximum Gasteiger partial charge on any atom is 0.387 e. The molecule has 0 saturated carbocycles. The molecule has 28 heavy (non-hydrogen) atoms. The van der Waals surface area contributed by atoms with Gasteiger partial charge in [0.2, 0.25) is 0 Å². The van der Waals surface area contributed by atoms with E-state index in [1.165, 1.54) is 6.07 Å². The first-order valence-electron chi connectivity index (χ1n) is 8.29. The van der Waals surface area contributed by atoms with E-state index >= 15 is 0 Å². The van der Waals surface area contributed by atoms with Crippen LogP contribution in [0, 0.1) is 6.92 Å². The van der Waals surface area contributed by atoms with Gasteiger partial charge in [0.1, 0.15) is 5.75 Å². The minimum atomic E-state index is -2.92. The second kappa shape index (κ2) is 9.11. The van der Waals surface area contributed by atoms with E-state index in [-0.39, 0.29) is 10.9 Å². The normalized spacial score (nSPS) is 10.8. The van der Waals surface area contributed by atoms with Crippen LogP contribution in [0.4, 0.5) is 20.2 Å². The van der Waals surface area contributed by atoms with E-state index in [4.69, 9.17) is 12.2 Å². The van der Waals surface area contributed by atoms with Gasteiger partial charge < -0.3 is 15.4 Å². The molecule has 1 heterocycles. The number of alkyl halides is 2. The Balaban J connectivity index is 1.63. The number of rotatable bonds is 6. The number of anilines is 2. The van der Waals surface area contributed by atoms with E-state index in [1.54, 1.807) is 23.0 Å². The number of hydrogen-bond acceptors (Lipinski definition) is 3. The molecule has 3 aromatic rings. The van der Waals surface area contributed by atoms with Crippen LogP contribution in [0.5, 0.6) is 5.75 Å². The molecule has 0 radical (unpaired) electrons. The third-order valence-electron chi connectivity index (χ3n) is 3.75. The average Bonchev–Trinajstić information content (AvgIpc) is 3.05. The highest BCUT2D eigenvalue weighted by Gasteiger charge is 2.11. The number of thiocarbonyl (C=S) groups is 1. The molecule has 0 fully saturated rings. The van der Waals surface area contributed by atoms with Crippen LogP contribution in [0.15, 0.2) is 59.3 Å². The monoisotopic (exact) mass is 466 g/mol. The van der Waals surface area contributed by atoms with E-state index in [2.05, 4.69) is 36.4 Å². The Morgan fingerprint density at radius 3 is 2.68 bits per heavy atom. The third kappa shape index (κ3) is 5.74. The first-order valence-corrected chi connectivity index (χ1v) is 9.49. The van der Waals surface area contributed by atoms with Crippen molar-refractivity contribution in [3.63, 3.8) is 0 Å². The summed E-state index contributed by atoms with van der Waals surface area (Å²) in [6, 6.07) is 12.8. The molecule has 2 aromatic carbocycles. The summed E-state index contributed by atoms with van der Waals surface area (Å²) in [4.78, 5) is 0. The standard InChI is InChI=1S/C19H17BrF2N4OS/c1-12-2-7-17(27-18(21)22)16(8-12)25-19(28)24-15-9-23-26(11-15)10-13-3-5-14(20)6-4-13/h2-9,11,18H,10H2,1H3,(H2,24,25,28). The molecule has 0 atom stereocenters. The zero-order chi connectivity index (χ0) is 20.1. The Bertz CT molecular complexity index is 963. The molecule has 146 valence electrons.